The van der Waals surface area contributed by atoms with Gasteiger partial charge in [-0.1, -0.05) is 12.1 Å². The van der Waals surface area contributed by atoms with Crippen molar-refractivity contribution < 1.29 is 38.0 Å². The molecule has 1 saturated carbocycles. The number of rotatable bonds is 5. The number of carbonyl (C=O) groups is 1. The summed E-state index contributed by atoms with van der Waals surface area (Å²) >= 11 is 0. The van der Waals surface area contributed by atoms with Crippen LogP contribution in [0.1, 0.15) is 33.3 Å². The summed E-state index contributed by atoms with van der Waals surface area (Å²) in [4.78, 5) is 16.7. The first-order chi connectivity index (χ1) is 16.2. The third-order valence-electron chi connectivity index (χ3n) is 6.18. The minimum atomic E-state index is -0.898. The molecule has 0 N–H and O–H groups in total. The lowest BCUT2D eigenvalue weighted by Gasteiger charge is -2.42. The molecule has 0 spiro atoms. The van der Waals surface area contributed by atoms with Crippen molar-refractivity contribution in [1.29, 1.82) is 0 Å². The highest BCUT2D eigenvalue weighted by molar-refractivity contribution is 5.70. The Morgan fingerprint density at radius 1 is 0.941 bits per heavy atom. The molecule has 184 valence electrons. The molecule has 1 aromatic heterocycles. The maximum absolute atomic E-state index is 12.8. The van der Waals surface area contributed by atoms with Crippen LogP contribution in [0.4, 0.5) is 4.79 Å². The number of fused-ring (bicyclic) bond motifs is 2. The number of hydrogen-bond donors (Lipinski definition) is 0. The van der Waals surface area contributed by atoms with Crippen LogP contribution in [-0.4, -0.2) is 71.0 Å². The average molecular weight is 475 g/mol. The lowest BCUT2D eigenvalue weighted by molar-refractivity contribution is -0.190. The van der Waals surface area contributed by atoms with E-state index in [1.54, 1.807) is 7.11 Å². The number of methoxy groups -OCH3 is 1. The summed E-state index contributed by atoms with van der Waals surface area (Å²) in [7, 11) is 1.63. The highest BCUT2D eigenvalue weighted by Gasteiger charge is 2.65. The third-order valence-corrected chi connectivity index (χ3v) is 6.18. The highest BCUT2D eigenvalue weighted by Crippen LogP contribution is 2.46. The second kappa shape index (κ2) is 8.62. The monoisotopic (exact) mass is 474 g/mol. The number of benzene rings is 1. The van der Waals surface area contributed by atoms with Crippen LogP contribution >= 0.6 is 0 Å². The second-order valence-electron chi connectivity index (χ2n) is 9.57. The topological polar surface area (TPSA) is 99.5 Å². The van der Waals surface area contributed by atoms with Crippen LogP contribution in [-0.2, 0) is 35.0 Å². The van der Waals surface area contributed by atoms with Gasteiger partial charge in [0, 0.05) is 12.4 Å². The van der Waals surface area contributed by atoms with Crippen molar-refractivity contribution in [3.05, 3.63) is 48.5 Å². The summed E-state index contributed by atoms with van der Waals surface area (Å²) in [5.74, 6) is -1.02. The van der Waals surface area contributed by atoms with Gasteiger partial charge in [0.15, 0.2) is 17.7 Å². The van der Waals surface area contributed by atoms with Crippen LogP contribution in [0.3, 0.4) is 0 Å². The molecular formula is C24H30N2O8. The van der Waals surface area contributed by atoms with Crippen molar-refractivity contribution in [2.24, 2.45) is 0 Å². The Labute approximate surface area is 198 Å². The summed E-state index contributed by atoms with van der Waals surface area (Å²) in [5.41, 5.74) is 0.971. The van der Waals surface area contributed by atoms with Gasteiger partial charge in [-0.3, -0.25) is 0 Å². The fraction of sp³-hybridized carbons (Fsp3) is 0.583. The first-order valence-electron chi connectivity index (χ1n) is 11.3. The Hall–Kier alpha value is -2.50. The first kappa shape index (κ1) is 23.3. The van der Waals surface area contributed by atoms with E-state index >= 15 is 0 Å². The number of nitrogens with zero attached hydrogens (tertiary/aromatic N) is 2. The lowest BCUT2D eigenvalue weighted by atomic mass is 9.84. The molecule has 0 bridgehead atoms. The van der Waals surface area contributed by atoms with Crippen molar-refractivity contribution in [3.63, 3.8) is 0 Å². The molecule has 6 atom stereocenters. The first-order valence-corrected chi connectivity index (χ1v) is 11.3. The molecule has 1 aliphatic carbocycles. The van der Waals surface area contributed by atoms with Crippen molar-refractivity contribution in [2.75, 3.05) is 7.11 Å². The van der Waals surface area contributed by atoms with Crippen molar-refractivity contribution in [2.45, 2.75) is 82.5 Å². The third kappa shape index (κ3) is 4.44. The van der Waals surface area contributed by atoms with Gasteiger partial charge in [0.2, 0.25) is 0 Å². The van der Waals surface area contributed by atoms with Gasteiger partial charge in [-0.15, -0.1) is 0 Å². The van der Waals surface area contributed by atoms with E-state index in [1.165, 1.54) is 23.3 Å². The van der Waals surface area contributed by atoms with Crippen LogP contribution in [0.5, 0.6) is 5.75 Å². The Balaban J connectivity index is 1.41. The van der Waals surface area contributed by atoms with Crippen molar-refractivity contribution in [1.82, 2.24) is 9.55 Å². The molecule has 3 heterocycles. The Morgan fingerprint density at radius 3 is 2.00 bits per heavy atom. The van der Waals surface area contributed by atoms with E-state index in [2.05, 4.69) is 4.98 Å². The fourth-order valence-electron chi connectivity index (χ4n) is 4.81. The van der Waals surface area contributed by atoms with Crippen LogP contribution in [0.2, 0.25) is 0 Å². The predicted octanol–water partition coefficient (Wildman–Crippen LogP) is 2.88. The van der Waals surface area contributed by atoms with Crippen molar-refractivity contribution >= 4 is 6.09 Å². The molecule has 5 rings (SSSR count). The van der Waals surface area contributed by atoms with E-state index in [0.717, 1.165) is 11.3 Å². The molecule has 0 amide bonds. The van der Waals surface area contributed by atoms with Gasteiger partial charge >= 0.3 is 6.09 Å². The fourth-order valence-corrected chi connectivity index (χ4v) is 4.81. The van der Waals surface area contributed by atoms with E-state index < -0.39 is 54.3 Å². The van der Waals surface area contributed by atoms with Gasteiger partial charge in [0.05, 0.1) is 13.7 Å². The summed E-state index contributed by atoms with van der Waals surface area (Å²) in [6.07, 6.45) is 0.258. The Kier molecular flexibility index (Phi) is 5.89. The predicted molar refractivity (Wildman–Crippen MR) is 117 cm³/mol. The number of carbonyl (C=O) groups excluding carboxylic acids is 1. The molecule has 3 fully saturated rings. The molecule has 3 aliphatic rings. The summed E-state index contributed by atoms with van der Waals surface area (Å²) in [5, 5.41) is 0. The minimum absolute atomic E-state index is 0.328. The van der Waals surface area contributed by atoms with Gasteiger partial charge in [-0.25, -0.2) is 14.3 Å². The largest absolute Gasteiger partial charge is 0.497 e. The SMILES string of the molecule is COc1ccc(COC2[C@@H]3OC(C)(C)O[C@@H]3C(OC(=O)n3ccnc3)[C@@H]3OC(C)(C)O[C@@H]23)cc1. The molecular weight excluding hydrogens is 444 g/mol. The van der Waals surface area contributed by atoms with Crippen LogP contribution in [0, 0.1) is 0 Å². The molecule has 2 saturated heterocycles. The highest BCUT2D eigenvalue weighted by atomic mass is 16.8. The standard InChI is InChI=1S/C24H30N2O8/c1-23(2)31-18-16(29-12-14-6-8-15(28-5)9-7-14)19-21(34-24(3,4)32-19)17(20(18)33-23)30-22(27)26-11-10-25-13-26/h6-11,13,16-21H,12H2,1-5H3/t16?,17?,18-,19-,20-,21+/m0/s1. The van der Waals surface area contributed by atoms with Gasteiger partial charge < -0.3 is 33.2 Å². The van der Waals surface area contributed by atoms with E-state index in [0.29, 0.717) is 6.61 Å². The Bertz CT molecular complexity index is 974. The molecule has 2 aromatic rings. The van der Waals surface area contributed by atoms with Gasteiger partial charge in [-0.2, -0.15) is 0 Å². The molecule has 0 radical (unpaired) electrons. The summed E-state index contributed by atoms with van der Waals surface area (Å²) in [6, 6.07) is 7.65. The van der Waals surface area contributed by atoms with Gasteiger partial charge in [0.1, 0.15) is 42.6 Å². The number of imidazole rings is 1. The quantitative estimate of drug-likeness (QED) is 0.648. The zero-order valence-electron chi connectivity index (χ0n) is 19.9. The molecule has 34 heavy (non-hydrogen) atoms. The molecule has 10 nitrogen and oxygen atoms in total. The maximum Gasteiger partial charge on any atom is 0.419 e. The normalized spacial score (nSPS) is 33.2. The number of ether oxygens (including phenoxy) is 7. The van der Waals surface area contributed by atoms with Crippen LogP contribution < -0.4 is 4.74 Å². The Morgan fingerprint density at radius 2 is 1.50 bits per heavy atom. The van der Waals surface area contributed by atoms with E-state index in [-0.39, 0.29) is 0 Å². The van der Waals surface area contributed by atoms with Crippen LogP contribution in [0.25, 0.3) is 0 Å². The van der Waals surface area contributed by atoms with E-state index in [9.17, 15) is 4.79 Å². The summed E-state index contributed by atoms with van der Waals surface area (Å²) < 4.78 is 43.7. The van der Waals surface area contributed by atoms with Gasteiger partial charge in [0.25, 0.3) is 0 Å². The minimum Gasteiger partial charge on any atom is -0.497 e. The van der Waals surface area contributed by atoms with E-state index in [1.807, 2.05) is 52.0 Å². The zero-order valence-corrected chi connectivity index (χ0v) is 19.9. The number of aromatic nitrogens is 2. The van der Waals surface area contributed by atoms with Crippen LogP contribution in [0.15, 0.2) is 43.0 Å². The second-order valence-corrected chi connectivity index (χ2v) is 9.57. The molecule has 2 unspecified atom stereocenters. The average Bonchev–Trinajstić information content (AvgIpc) is 3.50. The lowest BCUT2D eigenvalue weighted by Crippen LogP contribution is -2.63. The van der Waals surface area contributed by atoms with E-state index in [4.69, 9.17) is 33.2 Å². The molecule has 10 heteroatoms. The zero-order chi connectivity index (χ0) is 24.1. The number of hydrogen-bond acceptors (Lipinski definition) is 9. The molecule has 2 aliphatic heterocycles. The molecule has 1 aromatic carbocycles. The maximum atomic E-state index is 12.8. The summed E-state index contributed by atoms with van der Waals surface area (Å²) in [6.45, 7) is 7.61. The van der Waals surface area contributed by atoms with Gasteiger partial charge in [-0.05, 0) is 45.4 Å². The smallest absolute Gasteiger partial charge is 0.419 e. The van der Waals surface area contributed by atoms with Crippen molar-refractivity contribution in [3.8, 4) is 5.75 Å².